The van der Waals surface area contributed by atoms with Crippen LogP contribution in [0.25, 0.3) is 10.9 Å². The smallest absolute Gasteiger partial charge is 0.331 e. The highest BCUT2D eigenvalue weighted by molar-refractivity contribution is 6.31. The van der Waals surface area contributed by atoms with E-state index in [0.717, 1.165) is 0 Å². The lowest BCUT2D eigenvalue weighted by Crippen LogP contribution is -2.20. The molecule has 1 aromatic carbocycles. The molecule has 0 fully saturated rings. The molecule has 1 unspecified atom stereocenters. The second-order valence-electron chi connectivity index (χ2n) is 5.81. The van der Waals surface area contributed by atoms with E-state index in [1.807, 2.05) is 0 Å². The molecule has 7 heteroatoms. The number of carboxylic acids is 2. The molecular formula is C17H14ClNO5. The third kappa shape index (κ3) is 2.59. The van der Waals surface area contributed by atoms with Crippen LogP contribution in [0.4, 0.5) is 0 Å². The van der Waals surface area contributed by atoms with E-state index in [0.29, 0.717) is 32.8 Å². The Labute approximate surface area is 141 Å². The van der Waals surface area contributed by atoms with Gasteiger partial charge in [-0.3, -0.25) is 9.59 Å². The number of rotatable bonds is 3. The van der Waals surface area contributed by atoms with Crippen LogP contribution in [-0.2, 0) is 16.0 Å². The maximum absolute atomic E-state index is 12.4. The first-order valence-electron chi connectivity index (χ1n) is 7.31. The van der Waals surface area contributed by atoms with Crippen molar-refractivity contribution in [3.05, 3.63) is 55.8 Å². The molecule has 1 aromatic heterocycles. The van der Waals surface area contributed by atoms with Gasteiger partial charge in [0.05, 0.1) is 17.3 Å². The minimum absolute atomic E-state index is 0.0487. The number of hydrogen-bond acceptors (Lipinski definition) is 3. The van der Waals surface area contributed by atoms with Gasteiger partial charge in [-0.15, -0.1) is 0 Å². The summed E-state index contributed by atoms with van der Waals surface area (Å²) in [7, 11) is 0. The van der Waals surface area contributed by atoms with Gasteiger partial charge in [0.2, 0.25) is 0 Å². The minimum atomic E-state index is -1.15. The Hall–Kier alpha value is -2.60. The van der Waals surface area contributed by atoms with E-state index in [-0.39, 0.29) is 23.8 Å². The summed E-state index contributed by atoms with van der Waals surface area (Å²) in [5.74, 6) is -2.73. The molecule has 0 amide bonds. The second-order valence-corrected chi connectivity index (χ2v) is 6.25. The largest absolute Gasteiger partial charge is 0.481 e. The summed E-state index contributed by atoms with van der Waals surface area (Å²) in [5, 5.41) is 19.4. The fourth-order valence-corrected chi connectivity index (χ4v) is 3.54. The van der Waals surface area contributed by atoms with Crippen LogP contribution in [0.1, 0.15) is 30.5 Å². The molecule has 0 saturated heterocycles. The number of aromatic amines is 1. The molecule has 1 aliphatic rings. The van der Waals surface area contributed by atoms with Crippen molar-refractivity contribution in [2.75, 3.05) is 0 Å². The molecule has 1 heterocycles. The van der Waals surface area contributed by atoms with Crippen LogP contribution in [0.5, 0.6) is 0 Å². The maximum Gasteiger partial charge on any atom is 0.331 e. The van der Waals surface area contributed by atoms with E-state index in [9.17, 15) is 19.5 Å². The standard InChI is InChI=1S/C17H14ClNO5/c1-7-9(6-14(21)22)10(17(23)24)5-12-15(7)16-11(19-12)4-8(18)2-3-13(16)20/h2-4,7,19H,5-6H2,1H3,(H,21,22)(H,23,24). The monoisotopic (exact) mass is 347 g/mol. The van der Waals surface area contributed by atoms with Crippen molar-refractivity contribution < 1.29 is 19.8 Å². The van der Waals surface area contributed by atoms with E-state index in [4.69, 9.17) is 16.7 Å². The lowest BCUT2D eigenvalue weighted by atomic mass is 9.79. The van der Waals surface area contributed by atoms with Crippen molar-refractivity contribution in [1.29, 1.82) is 0 Å². The first-order chi connectivity index (χ1) is 11.3. The third-order valence-electron chi connectivity index (χ3n) is 4.37. The summed E-state index contributed by atoms with van der Waals surface area (Å²) in [6.07, 6.45) is -0.324. The van der Waals surface area contributed by atoms with Crippen molar-refractivity contribution in [3.8, 4) is 0 Å². The summed E-state index contributed by atoms with van der Waals surface area (Å²) in [5.41, 5.74) is 1.93. The molecule has 0 aliphatic heterocycles. The third-order valence-corrected chi connectivity index (χ3v) is 4.60. The van der Waals surface area contributed by atoms with Crippen LogP contribution in [0.3, 0.4) is 0 Å². The van der Waals surface area contributed by atoms with Crippen LogP contribution in [0.15, 0.2) is 34.1 Å². The van der Waals surface area contributed by atoms with Gasteiger partial charge in [-0.25, -0.2) is 4.79 Å². The van der Waals surface area contributed by atoms with Crippen molar-refractivity contribution >= 4 is 34.4 Å². The molecule has 2 aromatic rings. The van der Waals surface area contributed by atoms with Crippen LogP contribution in [0.2, 0.25) is 5.02 Å². The molecule has 1 aliphatic carbocycles. The van der Waals surface area contributed by atoms with Gasteiger partial charge >= 0.3 is 11.9 Å². The molecule has 3 N–H and O–H groups in total. The summed E-state index contributed by atoms with van der Waals surface area (Å²) < 4.78 is 0. The Morgan fingerprint density at radius 2 is 2.04 bits per heavy atom. The van der Waals surface area contributed by atoms with E-state index >= 15 is 0 Å². The van der Waals surface area contributed by atoms with E-state index in [1.165, 1.54) is 12.1 Å². The van der Waals surface area contributed by atoms with Crippen molar-refractivity contribution in [1.82, 2.24) is 4.98 Å². The second kappa shape index (κ2) is 5.79. The maximum atomic E-state index is 12.4. The van der Waals surface area contributed by atoms with Crippen LogP contribution in [-0.4, -0.2) is 27.1 Å². The zero-order valence-electron chi connectivity index (χ0n) is 12.7. The van der Waals surface area contributed by atoms with Gasteiger partial charge in [-0.1, -0.05) is 18.5 Å². The van der Waals surface area contributed by atoms with Crippen molar-refractivity contribution in [2.45, 2.75) is 25.7 Å². The number of aliphatic carboxylic acids is 2. The first-order valence-corrected chi connectivity index (χ1v) is 7.68. The zero-order valence-corrected chi connectivity index (χ0v) is 13.5. The summed E-state index contributed by atoms with van der Waals surface area (Å²) >= 11 is 6.01. The molecule has 0 radical (unpaired) electrons. The van der Waals surface area contributed by atoms with Gasteiger partial charge in [0.1, 0.15) is 0 Å². The van der Waals surface area contributed by atoms with Crippen molar-refractivity contribution in [3.63, 3.8) is 0 Å². The first kappa shape index (κ1) is 16.3. The molecule has 0 saturated carbocycles. The number of halogens is 1. The van der Waals surface area contributed by atoms with E-state index in [1.54, 1.807) is 13.0 Å². The van der Waals surface area contributed by atoms with Gasteiger partial charge in [0, 0.05) is 28.6 Å². The van der Waals surface area contributed by atoms with Gasteiger partial charge in [0.25, 0.3) is 0 Å². The normalized spacial score (nSPS) is 17.0. The minimum Gasteiger partial charge on any atom is -0.481 e. The predicted molar refractivity (Wildman–Crippen MR) is 88.6 cm³/mol. The average Bonchev–Trinajstić information content (AvgIpc) is 2.78. The van der Waals surface area contributed by atoms with E-state index in [2.05, 4.69) is 4.98 Å². The number of H-pyrrole nitrogens is 1. The number of hydrogen-bond donors (Lipinski definition) is 3. The zero-order chi connectivity index (χ0) is 17.6. The predicted octanol–water partition coefficient (Wildman–Crippen LogP) is 2.70. The number of fused-ring (bicyclic) bond motifs is 3. The fraction of sp³-hybridized carbons (Fsp3) is 0.235. The van der Waals surface area contributed by atoms with E-state index < -0.39 is 17.9 Å². The van der Waals surface area contributed by atoms with Crippen LogP contribution in [0, 0.1) is 0 Å². The van der Waals surface area contributed by atoms with Crippen LogP contribution >= 0.6 is 11.6 Å². The lowest BCUT2D eigenvalue weighted by Gasteiger charge is -2.24. The van der Waals surface area contributed by atoms with Gasteiger partial charge in [0.15, 0.2) is 5.43 Å². The number of carbonyl (C=O) groups is 2. The molecule has 124 valence electrons. The number of nitrogens with one attached hydrogen (secondary N) is 1. The number of aromatic nitrogens is 1. The molecule has 6 nitrogen and oxygen atoms in total. The van der Waals surface area contributed by atoms with Crippen molar-refractivity contribution in [2.24, 2.45) is 0 Å². The van der Waals surface area contributed by atoms with Gasteiger partial charge in [-0.05, 0) is 29.3 Å². The molecular weight excluding hydrogens is 334 g/mol. The highest BCUT2D eigenvalue weighted by Crippen LogP contribution is 2.40. The van der Waals surface area contributed by atoms with Gasteiger partial charge in [-0.2, -0.15) is 0 Å². The summed E-state index contributed by atoms with van der Waals surface area (Å²) in [4.78, 5) is 38.2. The molecule has 24 heavy (non-hydrogen) atoms. The lowest BCUT2D eigenvalue weighted by molar-refractivity contribution is -0.136. The average molecular weight is 348 g/mol. The number of carboxylic acid groups (broad SMARTS) is 2. The Morgan fingerprint density at radius 1 is 1.33 bits per heavy atom. The Kier molecular flexibility index (Phi) is 3.93. The topological polar surface area (TPSA) is 107 Å². The molecule has 0 bridgehead atoms. The Balaban J connectivity index is 2.31. The van der Waals surface area contributed by atoms with Gasteiger partial charge < -0.3 is 15.2 Å². The Bertz CT molecular complexity index is 973. The van der Waals surface area contributed by atoms with Crippen LogP contribution < -0.4 is 5.43 Å². The highest BCUT2D eigenvalue weighted by atomic mass is 35.5. The fourth-order valence-electron chi connectivity index (χ4n) is 3.37. The SMILES string of the molecule is CC1C(CC(=O)O)=C(C(=O)O)Cc2[nH]c3cc(Cl)ccc(=O)c3c21. The summed E-state index contributed by atoms with van der Waals surface area (Å²) in [6, 6.07) is 4.47. The Morgan fingerprint density at radius 3 is 2.67 bits per heavy atom. The summed E-state index contributed by atoms with van der Waals surface area (Å²) in [6.45, 7) is 1.72. The highest BCUT2D eigenvalue weighted by Gasteiger charge is 2.32. The molecule has 3 rings (SSSR count). The molecule has 0 spiro atoms. The quantitative estimate of drug-likeness (QED) is 0.791. The molecule has 1 atom stereocenters.